The minimum atomic E-state index is -3.65. The van der Waals surface area contributed by atoms with Gasteiger partial charge in [-0.3, -0.25) is 24.1 Å². The van der Waals surface area contributed by atoms with Crippen LogP contribution in [0.15, 0.2) is 40.6 Å². The van der Waals surface area contributed by atoms with Crippen LogP contribution in [-0.4, -0.2) is 99.7 Å². The minimum absolute atomic E-state index is 0.122. The highest BCUT2D eigenvalue weighted by Gasteiger charge is 2.38. The normalized spacial score (nSPS) is 19.2. The first-order valence-electron chi connectivity index (χ1n) is 15.1. The van der Waals surface area contributed by atoms with E-state index < -0.39 is 39.4 Å². The van der Waals surface area contributed by atoms with E-state index in [0.29, 0.717) is 32.6 Å². The molecule has 0 spiro atoms. The third-order valence-electron chi connectivity index (χ3n) is 7.79. The summed E-state index contributed by atoms with van der Waals surface area (Å²) in [7, 11) is -3.65. The third kappa shape index (κ3) is 12.0. The van der Waals surface area contributed by atoms with Crippen LogP contribution in [-0.2, 0) is 40.4 Å². The van der Waals surface area contributed by atoms with E-state index in [0.717, 1.165) is 37.8 Å². The molecule has 2 aliphatic heterocycles. The molecule has 2 atom stereocenters. The highest BCUT2D eigenvalue weighted by atomic mass is 32.2. The molecule has 244 valence electrons. The van der Waals surface area contributed by atoms with E-state index in [-0.39, 0.29) is 37.2 Å². The Bertz CT molecular complexity index is 1280. The molecule has 2 fully saturated rings. The van der Waals surface area contributed by atoms with Gasteiger partial charge in [-0.2, -0.15) is 5.11 Å². The first-order chi connectivity index (χ1) is 20.7. The fourth-order valence-corrected chi connectivity index (χ4v) is 6.18. The molecule has 0 aromatic heterocycles. The van der Waals surface area contributed by atoms with E-state index in [9.17, 15) is 27.6 Å². The average Bonchev–Trinajstić information content (AvgIpc) is 3.45. The Morgan fingerprint density at radius 2 is 1.75 bits per heavy atom. The van der Waals surface area contributed by atoms with Gasteiger partial charge in [0.2, 0.25) is 21.8 Å². The maximum absolute atomic E-state index is 13.5. The van der Waals surface area contributed by atoms with E-state index in [1.54, 1.807) is 0 Å². The summed E-state index contributed by atoms with van der Waals surface area (Å²) in [5, 5.41) is 10.9. The van der Waals surface area contributed by atoms with Gasteiger partial charge in [-0.15, -0.1) is 5.11 Å². The number of esters is 1. The highest BCUT2D eigenvalue weighted by Crippen LogP contribution is 2.23. The van der Waals surface area contributed by atoms with Crippen LogP contribution in [0.1, 0.15) is 58.4 Å². The van der Waals surface area contributed by atoms with Crippen molar-refractivity contribution in [2.24, 2.45) is 21.6 Å². The first-order valence-corrected chi connectivity index (χ1v) is 17.0. The number of sulfonamides is 1. The number of rotatable bonds is 14. The van der Waals surface area contributed by atoms with Gasteiger partial charge in [-0.05, 0) is 43.6 Å². The molecule has 0 aliphatic carbocycles. The fourth-order valence-electron chi connectivity index (χ4n) is 5.48. The van der Waals surface area contributed by atoms with Crippen molar-refractivity contribution in [3.8, 4) is 0 Å². The number of carbonyl (C=O) groups is 4. The number of likely N-dealkylation sites (tertiary alicyclic amines) is 2. The number of hydrogen-bond acceptors (Lipinski definition) is 9. The second kappa shape index (κ2) is 16.2. The van der Waals surface area contributed by atoms with Crippen LogP contribution >= 0.6 is 0 Å². The van der Waals surface area contributed by atoms with Crippen LogP contribution in [0.4, 0.5) is 0 Å². The van der Waals surface area contributed by atoms with Crippen molar-refractivity contribution in [3.05, 3.63) is 35.9 Å². The van der Waals surface area contributed by atoms with Gasteiger partial charge in [0, 0.05) is 44.9 Å². The van der Waals surface area contributed by atoms with Gasteiger partial charge in [0.05, 0.1) is 12.9 Å². The van der Waals surface area contributed by atoms with Crippen LogP contribution in [0.5, 0.6) is 0 Å². The molecule has 3 amide bonds. The minimum Gasteiger partial charge on any atom is -0.465 e. The number of piperidine rings is 1. The molecule has 0 bridgehead atoms. The number of carbonyl (C=O) groups excluding carboxylic acids is 4. The van der Waals surface area contributed by atoms with Crippen LogP contribution in [0.25, 0.3) is 0 Å². The Kier molecular flexibility index (Phi) is 13.0. The van der Waals surface area contributed by atoms with Crippen LogP contribution in [0, 0.1) is 11.3 Å². The second-order valence-electron chi connectivity index (χ2n) is 12.5. The van der Waals surface area contributed by atoms with E-state index in [2.05, 4.69) is 25.2 Å². The number of ether oxygens (including phenoxy) is 1. The van der Waals surface area contributed by atoms with Crippen molar-refractivity contribution in [2.45, 2.75) is 71.4 Å². The van der Waals surface area contributed by atoms with Crippen molar-refractivity contribution in [1.82, 2.24) is 19.8 Å². The molecule has 0 saturated carbocycles. The van der Waals surface area contributed by atoms with Crippen LogP contribution in [0.2, 0.25) is 0 Å². The predicted molar refractivity (Wildman–Crippen MR) is 164 cm³/mol. The number of nitrogens with one attached hydrogen (secondary N) is 2. The summed E-state index contributed by atoms with van der Waals surface area (Å²) in [6, 6.07) is 7.55. The van der Waals surface area contributed by atoms with Crippen molar-refractivity contribution in [2.75, 3.05) is 45.7 Å². The summed E-state index contributed by atoms with van der Waals surface area (Å²) in [5.74, 6) is -1.11. The molecule has 0 unspecified atom stereocenters. The summed E-state index contributed by atoms with van der Waals surface area (Å²) in [6.07, 6.45) is 4.21. The molecule has 44 heavy (non-hydrogen) atoms. The lowest BCUT2D eigenvalue weighted by atomic mass is 9.90. The molecular formula is C30H46N6O7S. The molecule has 3 rings (SSSR count). The zero-order chi connectivity index (χ0) is 32.3. The molecule has 0 radical (unpaired) electrons. The summed E-state index contributed by atoms with van der Waals surface area (Å²) in [6.45, 7) is 7.80. The van der Waals surface area contributed by atoms with E-state index in [1.807, 2.05) is 44.2 Å². The summed E-state index contributed by atoms with van der Waals surface area (Å²) in [5.41, 5.74) is 0.298. The molecule has 2 heterocycles. The van der Waals surface area contributed by atoms with E-state index in [1.165, 1.54) is 11.8 Å². The van der Waals surface area contributed by atoms with Crippen LogP contribution in [0.3, 0.4) is 0 Å². The zero-order valence-corrected chi connectivity index (χ0v) is 27.0. The predicted octanol–water partition coefficient (Wildman–Crippen LogP) is 1.88. The van der Waals surface area contributed by atoms with E-state index >= 15 is 0 Å². The Hall–Kier alpha value is -3.23. The standard InChI is InChI=1S/C30H46N6O7S/c1-22(37)43-20-30(2,3)18-27(38)33-32-21-35-15-12-24(13-16-35)19-31-28(39)26-11-8-14-36(26)29(40)25(34-44(4,41)42)17-23-9-6-5-7-10-23/h5-7,9-10,24-26,34H,8,11-21H2,1-4H3,(H,31,39)/t25-,26+/m1/s1. The first kappa shape index (κ1) is 35.3. The van der Waals surface area contributed by atoms with Gasteiger partial charge in [-0.25, -0.2) is 13.1 Å². The third-order valence-corrected chi connectivity index (χ3v) is 8.50. The number of hydrogen-bond donors (Lipinski definition) is 2. The van der Waals surface area contributed by atoms with Crippen molar-refractivity contribution < 1.29 is 32.3 Å². The maximum Gasteiger partial charge on any atom is 0.302 e. The number of amides is 3. The molecule has 13 nitrogen and oxygen atoms in total. The number of azo groups is 1. The quantitative estimate of drug-likeness (QED) is 0.231. The van der Waals surface area contributed by atoms with Gasteiger partial charge in [0.25, 0.3) is 5.91 Å². The topological polar surface area (TPSA) is 167 Å². The monoisotopic (exact) mass is 634 g/mol. The molecular weight excluding hydrogens is 588 g/mol. The lowest BCUT2D eigenvalue weighted by molar-refractivity contribution is -0.145. The number of nitrogens with zero attached hydrogens (tertiary/aromatic N) is 4. The van der Waals surface area contributed by atoms with Gasteiger partial charge in [-0.1, -0.05) is 44.2 Å². The second-order valence-corrected chi connectivity index (χ2v) is 14.3. The Labute approximate surface area is 260 Å². The van der Waals surface area contributed by atoms with Crippen molar-refractivity contribution in [1.29, 1.82) is 0 Å². The van der Waals surface area contributed by atoms with Gasteiger partial charge < -0.3 is 15.0 Å². The fraction of sp³-hybridized carbons (Fsp3) is 0.667. The lowest BCUT2D eigenvalue weighted by Crippen LogP contribution is -2.54. The summed E-state index contributed by atoms with van der Waals surface area (Å²) >= 11 is 0. The molecule has 14 heteroatoms. The summed E-state index contributed by atoms with van der Waals surface area (Å²) < 4.78 is 31.5. The maximum atomic E-state index is 13.5. The molecule has 2 N–H and O–H groups in total. The molecule has 1 aromatic rings. The summed E-state index contributed by atoms with van der Waals surface area (Å²) in [4.78, 5) is 53.5. The zero-order valence-electron chi connectivity index (χ0n) is 26.2. The average molecular weight is 635 g/mol. The Morgan fingerprint density at radius 1 is 1.07 bits per heavy atom. The van der Waals surface area contributed by atoms with Crippen molar-refractivity contribution >= 4 is 33.7 Å². The van der Waals surface area contributed by atoms with Gasteiger partial charge in [0.15, 0.2) is 0 Å². The van der Waals surface area contributed by atoms with Gasteiger partial charge in [0.1, 0.15) is 18.8 Å². The Balaban J connectivity index is 1.44. The molecule has 2 aliphatic rings. The Morgan fingerprint density at radius 3 is 2.39 bits per heavy atom. The lowest BCUT2D eigenvalue weighted by Gasteiger charge is -2.32. The largest absolute Gasteiger partial charge is 0.465 e. The smallest absolute Gasteiger partial charge is 0.302 e. The number of benzene rings is 1. The van der Waals surface area contributed by atoms with E-state index in [4.69, 9.17) is 4.74 Å². The van der Waals surface area contributed by atoms with Crippen LogP contribution < -0.4 is 10.0 Å². The SMILES string of the molecule is CC(=O)OCC(C)(C)CC(=O)N=NCN1CCC(CNC(=O)[C@@H]2CCCN2C(=O)[C@@H](Cc2ccccc2)NS(C)(=O)=O)CC1. The van der Waals surface area contributed by atoms with Gasteiger partial charge >= 0.3 is 5.97 Å². The highest BCUT2D eigenvalue weighted by molar-refractivity contribution is 7.88. The molecule has 1 aromatic carbocycles. The van der Waals surface area contributed by atoms with Crippen molar-refractivity contribution in [3.63, 3.8) is 0 Å². The molecule has 2 saturated heterocycles.